The Hall–Kier alpha value is -2.42. The Bertz CT molecular complexity index is 1020. The van der Waals surface area contributed by atoms with Crippen molar-refractivity contribution >= 4 is 39.1 Å². The van der Waals surface area contributed by atoms with Crippen molar-refractivity contribution in [3.05, 3.63) is 58.6 Å². The average Bonchev–Trinajstić information content (AvgIpc) is 3.06. The second-order valence-corrected chi connectivity index (χ2v) is 8.72. The van der Waals surface area contributed by atoms with Gasteiger partial charge >= 0.3 is 0 Å². The molecule has 0 aromatic heterocycles. The molecule has 2 amide bonds. The van der Waals surface area contributed by atoms with Gasteiger partial charge in [-0.25, -0.2) is 13.1 Å². The van der Waals surface area contributed by atoms with E-state index in [1.165, 1.54) is 25.2 Å². The van der Waals surface area contributed by atoms with Crippen molar-refractivity contribution in [1.82, 2.24) is 9.62 Å². The van der Waals surface area contributed by atoms with Gasteiger partial charge in [-0.3, -0.25) is 9.59 Å². The lowest BCUT2D eigenvalue weighted by Crippen LogP contribution is -2.23. The van der Waals surface area contributed by atoms with Crippen molar-refractivity contribution in [3.63, 3.8) is 0 Å². The Balaban J connectivity index is 1.79. The Labute approximate surface area is 168 Å². The number of nitrogens with zero attached hydrogens (tertiary/aromatic N) is 1. The van der Waals surface area contributed by atoms with Crippen LogP contribution in [-0.2, 0) is 21.4 Å². The molecular weight excluding hydrogens is 402 g/mol. The first-order chi connectivity index (χ1) is 13.3. The number of halogens is 1. The molecule has 1 aliphatic rings. The van der Waals surface area contributed by atoms with Crippen LogP contribution in [-0.4, -0.2) is 38.7 Å². The van der Waals surface area contributed by atoms with Crippen molar-refractivity contribution in [2.75, 3.05) is 18.9 Å². The summed E-state index contributed by atoms with van der Waals surface area (Å²) in [5, 5.41) is 2.87. The van der Waals surface area contributed by atoms with Crippen LogP contribution in [0.1, 0.15) is 28.8 Å². The summed E-state index contributed by atoms with van der Waals surface area (Å²) >= 11 is 6.09. The van der Waals surface area contributed by atoms with Crippen molar-refractivity contribution < 1.29 is 18.0 Å². The normalized spacial score (nSPS) is 14.4. The Morgan fingerprint density at radius 1 is 1.21 bits per heavy atom. The zero-order chi connectivity index (χ0) is 20.3. The Kier molecular flexibility index (Phi) is 6.02. The number of carbonyl (C=O) groups excluding carboxylic acids is 2. The van der Waals surface area contributed by atoms with E-state index < -0.39 is 15.9 Å². The molecule has 2 aromatic rings. The first-order valence-corrected chi connectivity index (χ1v) is 10.6. The average molecular weight is 422 g/mol. The molecule has 0 saturated carbocycles. The quantitative estimate of drug-likeness (QED) is 0.749. The maximum absolute atomic E-state index is 12.6. The molecule has 0 atom stereocenters. The van der Waals surface area contributed by atoms with Gasteiger partial charge in [0.2, 0.25) is 15.9 Å². The van der Waals surface area contributed by atoms with Crippen LogP contribution < -0.4 is 10.0 Å². The number of benzene rings is 2. The van der Waals surface area contributed by atoms with Gasteiger partial charge in [0, 0.05) is 25.2 Å². The molecule has 0 aliphatic carbocycles. The molecule has 0 unspecified atom stereocenters. The van der Waals surface area contributed by atoms with Crippen LogP contribution in [0, 0.1) is 0 Å². The third kappa shape index (κ3) is 4.52. The Morgan fingerprint density at radius 2 is 2.00 bits per heavy atom. The first-order valence-electron chi connectivity index (χ1n) is 8.71. The Morgan fingerprint density at radius 3 is 2.68 bits per heavy atom. The highest BCUT2D eigenvalue weighted by Gasteiger charge is 2.20. The summed E-state index contributed by atoms with van der Waals surface area (Å²) in [6, 6.07) is 11.1. The summed E-state index contributed by atoms with van der Waals surface area (Å²) in [5.74, 6) is -0.392. The molecular formula is C19H20ClN3O4S. The summed E-state index contributed by atoms with van der Waals surface area (Å²) in [6.45, 7) is 1.22. The van der Waals surface area contributed by atoms with E-state index in [0.29, 0.717) is 18.7 Å². The minimum absolute atomic E-state index is 0.0501. The van der Waals surface area contributed by atoms with E-state index in [0.717, 1.165) is 18.5 Å². The van der Waals surface area contributed by atoms with Crippen molar-refractivity contribution in [2.45, 2.75) is 24.3 Å². The third-order valence-corrected chi connectivity index (χ3v) is 6.23. The van der Waals surface area contributed by atoms with Crippen LogP contribution in [0.5, 0.6) is 0 Å². The molecule has 1 fully saturated rings. The topological polar surface area (TPSA) is 95.6 Å². The van der Waals surface area contributed by atoms with E-state index in [-0.39, 0.29) is 21.4 Å². The zero-order valence-electron chi connectivity index (χ0n) is 15.2. The number of amides is 2. The molecule has 28 heavy (non-hydrogen) atoms. The van der Waals surface area contributed by atoms with Crippen LogP contribution in [0.3, 0.4) is 0 Å². The van der Waals surface area contributed by atoms with Crippen LogP contribution in [0.25, 0.3) is 0 Å². The van der Waals surface area contributed by atoms with Gasteiger partial charge in [-0.1, -0.05) is 23.7 Å². The number of nitrogens with one attached hydrogen (secondary N) is 2. The lowest BCUT2D eigenvalue weighted by Gasteiger charge is -2.16. The maximum atomic E-state index is 12.6. The molecule has 7 nitrogen and oxygen atoms in total. The summed E-state index contributed by atoms with van der Waals surface area (Å²) in [4.78, 5) is 26.2. The molecule has 9 heteroatoms. The summed E-state index contributed by atoms with van der Waals surface area (Å²) in [6.07, 6.45) is 1.43. The highest BCUT2D eigenvalue weighted by Crippen LogP contribution is 2.23. The molecule has 1 heterocycles. The number of sulfonamides is 1. The molecule has 3 rings (SSSR count). The van der Waals surface area contributed by atoms with Gasteiger partial charge in [0.25, 0.3) is 5.91 Å². The van der Waals surface area contributed by atoms with Gasteiger partial charge in [-0.15, -0.1) is 0 Å². The second-order valence-electron chi connectivity index (χ2n) is 6.42. The lowest BCUT2D eigenvalue weighted by molar-refractivity contribution is -0.128. The highest BCUT2D eigenvalue weighted by molar-refractivity contribution is 7.89. The molecule has 2 N–H and O–H groups in total. The monoisotopic (exact) mass is 421 g/mol. The van der Waals surface area contributed by atoms with Crippen LogP contribution >= 0.6 is 11.6 Å². The smallest absolute Gasteiger partial charge is 0.257 e. The molecule has 1 aliphatic heterocycles. The number of hydrogen-bond donors (Lipinski definition) is 2. The van der Waals surface area contributed by atoms with Crippen LogP contribution in [0.4, 0.5) is 5.69 Å². The molecule has 0 bridgehead atoms. The minimum atomic E-state index is -3.70. The number of rotatable bonds is 6. The van der Waals surface area contributed by atoms with Crippen LogP contribution in [0.15, 0.2) is 47.4 Å². The highest BCUT2D eigenvalue weighted by atomic mass is 35.5. The third-order valence-electron chi connectivity index (χ3n) is 4.49. The van der Waals surface area contributed by atoms with E-state index in [1.54, 1.807) is 23.1 Å². The van der Waals surface area contributed by atoms with Crippen molar-refractivity contribution in [1.29, 1.82) is 0 Å². The molecule has 0 radical (unpaired) electrons. The van der Waals surface area contributed by atoms with E-state index >= 15 is 0 Å². The number of hydrogen-bond acceptors (Lipinski definition) is 4. The summed E-state index contributed by atoms with van der Waals surface area (Å²) < 4.78 is 26.1. The number of carbonyl (C=O) groups is 2. The van der Waals surface area contributed by atoms with E-state index in [9.17, 15) is 18.0 Å². The van der Waals surface area contributed by atoms with Crippen molar-refractivity contribution in [3.8, 4) is 0 Å². The molecule has 0 spiro atoms. The zero-order valence-corrected chi connectivity index (χ0v) is 16.8. The van der Waals surface area contributed by atoms with Crippen LogP contribution in [0.2, 0.25) is 5.02 Å². The number of anilines is 1. The minimum Gasteiger partial charge on any atom is -0.338 e. The van der Waals surface area contributed by atoms with Gasteiger partial charge in [0.15, 0.2) is 0 Å². The second kappa shape index (κ2) is 8.30. The molecule has 1 saturated heterocycles. The van der Waals surface area contributed by atoms with E-state index in [1.807, 2.05) is 6.07 Å². The van der Waals surface area contributed by atoms with E-state index in [2.05, 4.69) is 10.0 Å². The summed E-state index contributed by atoms with van der Waals surface area (Å²) in [5.41, 5.74) is 1.48. The SMILES string of the molecule is CNS(=O)(=O)c1ccc(Cl)c(C(=O)Nc2cccc(CN3CCCC3=O)c2)c1. The number of likely N-dealkylation sites (tertiary alicyclic amines) is 1. The summed E-state index contributed by atoms with van der Waals surface area (Å²) in [7, 11) is -2.40. The first kappa shape index (κ1) is 20.3. The van der Waals surface area contributed by atoms with Gasteiger partial charge in [-0.2, -0.15) is 0 Å². The largest absolute Gasteiger partial charge is 0.338 e. The molecule has 2 aromatic carbocycles. The van der Waals surface area contributed by atoms with Gasteiger partial charge in [-0.05, 0) is 49.4 Å². The predicted octanol–water partition coefficient (Wildman–Crippen LogP) is 2.62. The van der Waals surface area contributed by atoms with Gasteiger partial charge in [0.05, 0.1) is 15.5 Å². The predicted molar refractivity (Wildman–Crippen MR) is 107 cm³/mol. The maximum Gasteiger partial charge on any atom is 0.257 e. The fraction of sp³-hybridized carbons (Fsp3) is 0.263. The standard InChI is InChI=1S/C19H20ClN3O4S/c1-21-28(26,27)15-7-8-17(20)16(11-15)19(25)22-14-5-2-4-13(10-14)12-23-9-3-6-18(23)24/h2,4-5,7-8,10-11,21H,3,6,9,12H2,1H3,(H,22,25). The van der Waals surface area contributed by atoms with E-state index in [4.69, 9.17) is 11.6 Å². The fourth-order valence-corrected chi connectivity index (χ4v) is 3.96. The van der Waals surface area contributed by atoms with Crippen molar-refractivity contribution in [2.24, 2.45) is 0 Å². The van der Waals surface area contributed by atoms with Gasteiger partial charge in [0.1, 0.15) is 0 Å². The fourth-order valence-electron chi connectivity index (χ4n) is 3.00. The van der Waals surface area contributed by atoms with Gasteiger partial charge < -0.3 is 10.2 Å². The molecule has 148 valence electrons. The lowest BCUT2D eigenvalue weighted by atomic mass is 10.1.